The molecular formula is C22H30N4O3S2. The van der Waals surface area contributed by atoms with Gasteiger partial charge >= 0.3 is 0 Å². The average Bonchev–Trinajstić information content (AvgIpc) is 3.31. The fraction of sp³-hybridized carbons (Fsp3) is 0.636. The van der Waals surface area contributed by atoms with Crippen LogP contribution in [0.4, 0.5) is 5.13 Å². The number of fused-ring (bicyclic) bond motifs is 1. The zero-order chi connectivity index (χ0) is 21.3. The number of rotatable bonds is 5. The van der Waals surface area contributed by atoms with E-state index in [1.54, 1.807) is 12.1 Å². The maximum atomic E-state index is 12.8. The molecule has 2 atom stereocenters. The molecule has 3 aliphatic rings. The minimum atomic E-state index is -3.72. The second-order valence-corrected chi connectivity index (χ2v) is 11.4. The summed E-state index contributed by atoms with van der Waals surface area (Å²) in [4.78, 5) is 6.85. The smallest absolute Gasteiger partial charge is 0.263 e. The molecule has 0 bridgehead atoms. The Morgan fingerprint density at radius 1 is 1.06 bits per heavy atom. The van der Waals surface area contributed by atoms with Crippen LogP contribution in [0.25, 0.3) is 0 Å². The Labute approximate surface area is 188 Å². The number of hydrogen-bond acceptors (Lipinski definition) is 7. The first-order valence-corrected chi connectivity index (χ1v) is 13.7. The van der Waals surface area contributed by atoms with Crippen LogP contribution in [-0.4, -0.2) is 41.9 Å². The van der Waals surface area contributed by atoms with E-state index in [4.69, 9.17) is 4.74 Å². The molecule has 1 aromatic heterocycles. The maximum Gasteiger partial charge on any atom is 0.263 e. The molecule has 2 unspecified atom stereocenters. The van der Waals surface area contributed by atoms with Crippen molar-refractivity contribution in [3.63, 3.8) is 0 Å². The van der Waals surface area contributed by atoms with Gasteiger partial charge in [0.1, 0.15) is 12.1 Å². The van der Waals surface area contributed by atoms with Crippen LogP contribution in [0.5, 0.6) is 5.75 Å². The van der Waals surface area contributed by atoms with Crippen molar-refractivity contribution in [2.24, 2.45) is 5.92 Å². The Bertz CT molecular complexity index is 990. The number of sulfonamides is 1. The second-order valence-electron chi connectivity index (χ2n) is 8.90. The lowest BCUT2D eigenvalue weighted by molar-refractivity contribution is 0.0260. The molecule has 0 spiro atoms. The van der Waals surface area contributed by atoms with Gasteiger partial charge in [0.2, 0.25) is 5.13 Å². The predicted molar refractivity (Wildman–Crippen MR) is 121 cm³/mol. The Kier molecular flexibility index (Phi) is 6.16. The lowest BCUT2D eigenvalue weighted by Gasteiger charge is -2.47. The molecule has 0 amide bonds. The van der Waals surface area contributed by atoms with E-state index in [-0.39, 0.29) is 10.0 Å². The van der Waals surface area contributed by atoms with Crippen LogP contribution in [0.3, 0.4) is 0 Å². The SMILES string of the molecule is O=S(=O)(Nc1ncns1)c1ccc2c(c1)OCCC2N1CCCCC1C1CCCCC1. The van der Waals surface area contributed by atoms with Crippen LogP contribution < -0.4 is 9.46 Å². The molecule has 1 N–H and O–H groups in total. The highest BCUT2D eigenvalue weighted by Gasteiger charge is 2.37. The fourth-order valence-electron chi connectivity index (χ4n) is 5.65. The Morgan fingerprint density at radius 3 is 2.71 bits per heavy atom. The van der Waals surface area contributed by atoms with E-state index in [1.165, 1.54) is 57.7 Å². The van der Waals surface area contributed by atoms with Gasteiger partial charge in [-0.3, -0.25) is 9.62 Å². The molecule has 1 aromatic carbocycles. The number of hydrogen-bond donors (Lipinski definition) is 1. The molecule has 168 valence electrons. The lowest BCUT2D eigenvalue weighted by Crippen LogP contribution is -2.47. The third kappa shape index (κ3) is 4.45. The number of benzene rings is 1. The maximum absolute atomic E-state index is 12.8. The van der Waals surface area contributed by atoms with Crippen molar-refractivity contribution >= 4 is 26.7 Å². The van der Waals surface area contributed by atoms with Gasteiger partial charge in [-0.1, -0.05) is 31.7 Å². The van der Waals surface area contributed by atoms with Crippen molar-refractivity contribution in [3.8, 4) is 5.75 Å². The lowest BCUT2D eigenvalue weighted by atomic mass is 9.78. The molecule has 5 rings (SSSR count). The highest BCUT2D eigenvalue weighted by Crippen LogP contribution is 2.43. The van der Waals surface area contributed by atoms with Gasteiger partial charge in [-0.05, 0) is 44.2 Å². The van der Waals surface area contributed by atoms with Gasteiger partial charge in [-0.25, -0.2) is 13.4 Å². The van der Waals surface area contributed by atoms with E-state index in [0.29, 0.717) is 24.4 Å². The number of anilines is 1. The van der Waals surface area contributed by atoms with Crippen LogP contribution in [0.1, 0.15) is 69.4 Å². The number of ether oxygens (including phenoxy) is 1. The Hall–Kier alpha value is -1.71. The van der Waals surface area contributed by atoms with Crippen molar-refractivity contribution in [3.05, 3.63) is 30.1 Å². The number of nitrogens with zero attached hydrogens (tertiary/aromatic N) is 3. The van der Waals surface area contributed by atoms with Gasteiger partial charge in [0.25, 0.3) is 10.0 Å². The van der Waals surface area contributed by atoms with Gasteiger partial charge in [0.15, 0.2) is 0 Å². The summed E-state index contributed by atoms with van der Waals surface area (Å²) in [6, 6.07) is 6.28. The fourth-order valence-corrected chi connectivity index (χ4v) is 7.32. The monoisotopic (exact) mass is 462 g/mol. The van der Waals surface area contributed by atoms with Crippen LogP contribution in [0.15, 0.2) is 29.4 Å². The molecule has 1 aliphatic carbocycles. The summed E-state index contributed by atoms with van der Waals surface area (Å²) in [7, 11) is -3.72. The van der Waals surface area contributed by atoms with E-state index in [2.05, 4.69) is 19.0 Å². The summed E-state index contributed by atoms with van der Waals surface area (Å²) < 4.78 is 37.9. The van der Waals surface area contributed by atoms with Crippen molar-refractivity contribution < 1.29 is 13.2 Å². The zero-order valence-electron chi connectivity index (χ0n) is 17.7. The van der Waals surface area contributed by atoms with Crippen molar-refractivity contribution in [1.29, 1.82) is 0 Å². The van der Waals surface area contributed by atoms with E-state index >= 15 is 0 Å². The van der Waals surface area contributed by atoms with Crippen molar-refractivity contribution in [2.45, 2.75) is 74.8 Å². The van der Waals surface area contributed by atoms with E-state index in [9.17, 15) is 8.42 Å². The third-order valence-corrected chi connectivity index (χ3v) is 9.12. The summed E-state index contributed by atoms with van der Waals surface area (Å²) in [6.07, 6.45) is 13.0. The minimum absolute atomic E-state index is 0.199. The number of piperidine rings is 1. The van der Waals surface area contributed by atoms with E-state index < -0.39 is 10.0 Å². The van der Waals surface area contributed by atoms with Crippen LogP contribution in [0.2, 0.25) is 0 Å². The second kappa shape index (κ2) is 9.03. The topological polar surface area (TPSA) is 84.4 Å². The predicted octanol–water partition coefficient (Wildman–Crippen LogP) is 4.60. The molecule has 3 heterocycles. The van der Waals surface area contributed by atoms with Gasteiger partial charge in [0, 0.05) is 41.7 Å². The Balaban J connectivity index is 1.40. The van der Waals surface area contributed by atoms with Gasteiger partial charge in [-0.15, -0.1) is 0 Å². The highest BCUT2D eigenvalue weighted by molar-refractivity contribution is 7.93. The van der Waals surface area contributed by atoms with Crippen molar-refractivity contribution in [1.82, 2.24) is 14.3 Å². The largest absolute Gasteiger partial charge is 0.493 e. The molecule has 2 aromatic rings. The first kappa shape index (κ1) is 21.2. The third-order valence-electron chi connectivity index (χ3n) is 7.07. The molecule has 0 radical (unpaired) electrons. The Morgan fingerprint density at radius 2 is 1.90 bits per heavy atom. The standard InChI is InChI=1S/C22H30N4O3S2/c27-31(28,25-22-23-15-24-30-22)17-9-10-18-20(11-13-29-21(18)14-17)26-12-5-4-8-19(26)16-6-2-1-3-7-16/h9-10,14-16,19-20H,1-8,11-13H2,(H,23,24,25). The number of likely N-dealkylation sites (tertiary alicyclic amines) is 1. The minimum Gasteiger partial charge on any atom is -0.493 e. The van der Waals surface area contributed by atoms with Gasteiger partial charge in [0.05, 0.1) is 11.5 Å². The summed E-state index contributed by atoms with van der Waals surface area (Å²) in [5.41, 5.74) is 1.13. The summed E-state index contributed by atoms with van der Waals surface area (Å²) in [6.45, 7) is 1.75. The average molecular weight is 463 g/mol. The molecule has 1 saturated carbocycles. The van der Waals surface area contributed by atoms with E-state index in [0.717, 1.165) is 36.0 Å². The molecule has 9 heteroatoms. The van der Waals surface area contributed by atoms with Crippen LogP contribution in [0, 0.1) is 5.92 Å². The quantitative estimate of drug-likeness (QED) is 0.699. The first-order chi connectivity index (χ1) is 15.1. The van der Waals surface area contributed by atoms with Crippen LogP contribution >= 0.6 is 11.5 Å². The molecule has 1 saturated heterocycles. The molecule has 31 heavy (non-hydrogen) atoms. The first-order valence-electron chi connectivity index (χ1n) is 11.4. The van der Waals surface area contributed by atoms with Crippen LogP contribution in [-0.2, 0) is 10.0 Å². The molecule has 7 nitrogen and oxygen atoms in total. The molecular weight excluding hydrogens is 432 g/mol. The molecule has 2 fully saturated rings. The highest BCUT2D eigenvalue weighted by atomic mass is 32.2. The summed E-state index contributed by atoms with van der Waals surface area (Å²) in [5, 5.41) is 0.264. The summed E-state index contributed by atoms with van der Waals surface area (Å²) >= 11 is 1.02. The van der Waals surface area contributed by atoms with Crippen molar-refractivity contribution in [2.75, 3.05) is 17.9 Å². The number of nitrogens with one attached hydrogen (secondary N) is 1. The van der Waals surface area contributed by atoms with Gasteiger partial charge < -0.3 is 4.74 Å². The van der Waals surface area contributed by atoms with Gasteiger partial charge in [-0.2, -0.15) is 4.37 Å². The summed E-state index contributed by atoms with van der Waals surface area (Å²) in [5.74, 6) is 1.50. The molecule has 2 aliphatic heterocycles. The number of aromatic nitrogens is 2. The van der Waals surface area contributed by atoms with E-state index in [1.807, 2.05) is 6.07 Å². The zero-order valence-corrected chi connectivity index (χ0v) is 19.3. The normalized spacial score (nSPS) is 25.5.